The van der Waals surface area contributed by atoms with Crippen molar-refractivity contribution in [3.05, 3.63) is 90.0 Å². The summed E-state index contributed by atoms with van der Waals surface area (Å²) in [4.78, 5) is 35.2. The number of imidazole rings is 1. The molecule has 0 spiro atoms. The van der Waals surface area contributed by atoms with Crippen molar-refractivity contribution in [2.45, 2.75) is 43.7 Å². The van der Waals surface area contributed by atoms with Gasteiger partial charge in [0.05, 0.1) is 12.4 Å². The molecule has 0 aliphatic carbocycles. The molecule has 172 valence electrons. The molecule has 1 aliphatic rings. The topological polar surface area (TPSA) is 104 Å². The Morgan fingerprint density at radius 3 is 2.36 bits per heavy atom. The molecule has 2 amide bonds. The van der Waals surface area contributed by atoms with Crippen LogP contribution in [0.1, 0.15) is 42.0 Å². The zero-order valence-corrected chi connectivity index (χ0v) is 18.7. The minimum absolute atomic E-state index is 0.103. The van der Waals surface area contributed by atoms with Gasteiger partial charge in [0.2, 0.25) is 11.8 Å². The standard InChI is InChI=1S/C26H31N5O2/c27-24(23(19-9-3-1-4-10-19)20-11-5-2-6-12-20)26(33)31-16-8-14-22(31)25(32)29-15-7-13-21-17-28-18-30-21/h1-6,9-12,17-18,22-24H,7-8,13-16,27H2,(H,28,30)(H,29,32)/t22-,24+/m0/s1. The van der Waals surface area contributed by atoms with Crippen molar-refractivity contribution in [2.24, 2.45) is 5.73 Å². The molecule has 0 saturated carbocycles. The van der Waals surface area contributed by atoms with E-state index < -0.39 is 12.1 Å². The second kappa shape index (κ2) is 10.9. The SMILES string of the molecule is N[C@@H](C(=O)N1CCC[C@H]1C(=O)NCCCc1cnc[nH]1)C(c1ccccc1)c1ccccc1. The number of nitrogens with one attached hydrogen (secondary N) is 2. The first kappa shape index (κ1) is 22.7. The molecule has 2 atom stereocenters. The van der Waals surface area contributed by atoms with Crippen molar-refractivity contribution in [1.29, 1.82) is 0 Å². The van der Waals surface area contributed by atoms with E-state index in [1.165, 1.54) is 0 Å². The lowest BCUT2D eigenvalue weighted by Gasteiger charge is -2.31. The van der Waals surface area contributed by atoms with E-state index in [0.717, 1.165) is 36.1 Å². The predicted molar refractivity (Wildman–Crippen MR) is 127 cm³/mol. The van der Waals surface area contributed by atoms with Crippen LogP contribution in [0.3, 0.4) is 0 Å². The van der Waals surface area contributed by atoms with Crippen molar-refractivity contribution in [1.82, 2.24) is 20.2 Å². The monoisotopic (exact) mass is 445 g/mol. The van der Waals surface area contributed by atoms with Crippen LogP contribution in [0.5, 0.6) is 0 Å². The van der Waals surface area contributed by atoms with Crippen molar-refractivity contribution in [2.75, 3.05) is 13.1 Å². The summed E-state index contributed by atoms with van der Waals surface area (Å²) >= 11 is 0. The lowest BCUT2D eigenvalue weighted by Crippen LogP contribution is -2.53. The van der Waals surface area contributed by atoms with Gasteiger partial charge in [-0.25, -0.2) is 4.98 Å². The number of hydrogen-bond acceptors (Lipinski definition) is 4. The van der Waals surface area contributed by atoms with Gasteiger partial charge in [-0.1, -0.05) is 60.7 Å². The van der Waals surface area contributed by atoms with E-state index in [1.807, 2.05) is 60.7 Å². The Hall–Kier alpha value is -3.45. The molecule has 7 heteroatoms. The van der Waals surface area contributed by atoms with Crippen LogP contribution < -0.4 is 11.1 Å². The van der Waals surface area contributed by atoms with E-state index in [1.54, 1.807) is 17.4 Å². The smallest absolute Gasteiger partial charge is 0.242 e. The van der Waals surface area contributed by atoms with Crippen LogP contribution in [0.15, 0.2) is 73.2 Å². The van der Waals surface area contributed by atoms with Gasteiger partial charge in [-0.05, 0) is 36.8 Å². The number of H-pyrrole nitrogens is 1. The summed E-state index contributed by atoms with van der Waals surface area (Å²) in [6, 6.07) is 18.5. The molecular weight excluding hydrogens is 414 g/mol. The summed E-state index contributed by atoms with van der Waals surface area (Å²) < 4.78 is 0. The zero-order chi connectivity index (χ0) is 23.0. The van der Waals surface area contributed by atoms with Gasteiger partial charge < -0.3 is 20.9 Å². The maximum absolute atomic E-state index is 13.5. The first-order chi connectivity index (χ1) is 16.1. The number of amides is 2. The zero-order valence-electron chi connectivity index (χ0n) is 18.7. The lowest BCUT2D eigenvalue weighted by atomic mass is 9.84. The van der Waals surface area contributed by atoms with Crippen LogP contribution in [0.2, 0.25) is 0 Å². The Labute approximate surface area is 194 Å². The average Bonchev–Trinajstić information content (AvgIpc) is 3.55. The molecule has 1 fully saturated rings. The third kappa shape index (κ3) is 5.49. The van der Waals surface area contributed by atoms with Gasteiger partial charge in [-0.3, -0.25) is 9.59 Å². The summed E-state index contributed by atoms with van der Waals surface area (Å²) in [5, 5.41) is 3.00. The molecule has 1 saturated heterocycles. The molecule has 33 heavy (non-hydrogen) atoms. The molecular formula is C26H31N5O2. The van der Waals surface area contributed by atoms with E-state index in [2.05, 4.69) is 15.3 Å². The molecule has 4 rings (SSSR count). The number of rotatable bonds is 9. The minimum Gasteiger partial charge on any atom is -0.354 e. The number of benzene rings is 2. The number of nitrogens with two attached hydrogens (primary N) is 1. The van der Waals surface area contributed by atoms with Gasteiger partial charge in [0, 0.05) is 30.9 Å². The average molecular weight is 446 g/mol. The number of aryl methyl sites for hydroxylation is 1. The van der Waals surface area contributed by atoms with Crippen LogP contribution in [0.4, 0.5) is 0 Å². The number of carbonyl (C=O) groups is 2. The second-order valence-corrected chi connectivity index (χ2v) is 8.49. The minimum atomic E-state index is -0.774. The Morgan fingerprint density at radius 2 is 1.76 bits per heavy atom. The Balaban J connectivity index is 1.42. The van der Waals surface area contributed by atoms with Crippen molar-refractivity contribution < 1.29 is 9.59 Å². The highest BCUT2D eigenvalue weighted by Gasteiger charge is 2.39. The number of aromatic nitrogens is 2. The Kier molecular flexibility index (Phi) is 7.52. The highest BCUT2D eigenvalue weighted by molar-refractivity contribution is 5.91. The Bertz CT molecular complexity index is 984. The summed E-state index contributed by atoms with van der Waals surface area (Å²) in [6.45, 7) is 1.11. The van der Waals surface area contributed by atoms with Gasteiger partial charge in [-0.15, -0.1) is 0 Å². The highest BCUT2D eigenvalue weighted by Crippen LogP contribution is 2.29. The van der Waals surface area contributed by atoms with Gasteiger partial charge in [0.15, 0.2) is 0 Å². The van der Waals surface area contributed by atoms with Crippen molar-refractivity contribution in [3.63, 3.8) is 0 Å². The fourth-order valence-electron chi connectivity index (χ4n) is 4.59. The molecule has 1 aliphatic heterocycles. The number of aromatic amines is 1. The van der Waals surface area contributed by atoms with E-state index in [4.69, 9.17) is 5.73 Å². The second-order valence-electron chi connectivity index (χ2n) is 8.49. The lowest BCUT2D eigenvalue weighted by molar-refractivity contribution is -0.139. The van der Waals surface area contributed by atoms with Crippen molar-refractivity contribution >= 4 is 11.8 Å². The third-order valence-electron chi connectivity index (χ3n) is 6.28. The number of likely N-dealkylation sites (tertiary alicyclic amines) is 1. The molecule has 0 bridgehead atoms. The molecule has 1 aromatic heterocycles. The molecule has 2 aromatic carbocycles. The predicted octanol–water partition coefficient (Wildman–Crippen LogP) is 2.61. The van der Waals surface area contributed by atoms with E-state index in [9.17, 15) is 9.59 Å². The normalized spacial score (nSPS) is 16.7. The first-order valence-corrected chi connectivity index (χ1v) is 11.6. The molecule has 2 heterocycles. The molecule has 0 radical (unpaired) electrons. The fraction of sp³-hybridized carbons (Fsp3) is 0.346. The highest BCUT2D eigenvalue weighted by atomic mass is 16.2. The van der Waals surface area contributed by atoms with Crippen LogP contribution >= 0.6 is 0 Å². The Morgan fingerprint density at radius 1 is 1.09 bits per heavy atom. The van der Waals surface area contributed by atoms with E-state index in [-0.39, 0.29) is 17.7 Å². The summed E-state index contributed by atoms with van der Waals surface area (Å²) in [5.74, 6) is -0.560. The molecule has 4 N–H and O–H groups in total. The van der Waals surface area contributed by atoms with Gasteiger partial charge in [0.1, 0.15) is 6.04 Å². The van der Waals surface area contributed by atoms with Crippen LogP contribution in [0.25, 0.3) is 0 Å². The molecule has 3 aromatic rings. The quantitative estimate of drug-likeness (QED) is 0.441. The number of hydrogen-bond donors (Lipinski definition) is 3. The number of carbonyl (C=O) groups excluding carboxylic acids is 2. The van der Waals surface area contributed by atoms with Gasteiger partial charge in [-0.2, -0.15) is 0 Å². The first-order valence-electron chi connectivity index (χ1n) is 11.6. The maximum atomic E-state index is 13.5. The largest absolute Gasteiger partial charge is 0.354 e. The van der Waals surface area contributed by atoms with Gasteiger partial charge in [0.25, 0.3) is 0 Å². The molecule has 7 nitrogen and oxygen atoms in total. The summed E-state index contributed by atoms with van der Waals surface area (Å²) in [5.41, 5.74) is 9.63. The molecule has 0 unspecified atom stereocenters. The van der Waals surface area contributed by atoms with E-state index >= 15 is 0 Å². The summed E-state index contributed by atoms with van der Waals surface area (Å²) in [6.07, 6.45) is 6.51. The maximum Gasteiger partial charge on any atom is 0.242 e. The van der Waals surface area contributed by atoms with Crippen LogP contribution in [0, 0.1) is 0 Å². The van der Waals surface area contributed by atoms with E-state index in [0.29, 0.717) is 19.5 Å². The summed E-state index contributed by atoms with van der Waals surface area (Å²) in [7, 11) is 0. The van der Waals surface area contributed by atoms with Crippen LogP contribution in [-0.2, 0) is 16.0 Å². The van der Waals surface area contributed by atoms with Crippen molar-refractivity contribution in [3.8, 4) is 0 Å². The fourth-order valence-corrected chi connectivity index (χ4v) is 4.59. The third-order valence-corrected chi connectivity index (χ3v) is 6.28. The van der Waals surface area contributed by atoms with Gasteiger partial charge >= 0.3 is 0 Å². The van der Waals surface area contributed by atoms with Crippen LogP contribution in [-0.4, -0.2) is 51.9 Å². The number of nitrogens with zero attached hydrogens (tertiary/aromatic N) is 2.